The normalized spacial score (nSPS) is 11.5. The summed E-state index contributed by atoms with van der Waals surface area (Å²) < 4.78 is 5.47. The van der Waals surface area contributed by atoms with E-state index in [1.807, 2.05) is 37.4 Å². The van der Waals surface area contributed by atoms with Crippen LogP contribution in [0.3, 0.4) is 0 Å². The number of unbranched alkanes of at least 4 members (excludes halogenated alkanes) is 3. The molecule has 0 atom stereocenters. The van der Waals surface area contributed by atoms with Gasteiger partial charge in [0.25, 0.3) is 0 Å². The van der Waals surface area contributed by atoms with Crippen molar-refractivity contribution < 1.29 is 4.79 Å². The first-order chi connectivity index (χ1) is 11.6. The average molecular weight is 438 g/mol. The van der Waals surface area contributed by atoms with Crippen LogP contribution in [0.2, 0.25) is 13.3 Å². The van der Waals surface area contributed by atoms with Crippen molar-refractivity contribution in [3.05, 3.63) is 35.9 Å². The van der Waals surface area contributed by atoms with Crippen molar-refractivity contribution in [2.24, 2.45) is 0 Å². The molecule has 0 fully saturated rings. The van der Waals surface area contributed by atoms with Gasteiger partial charge in [0.1, 0.15) is 0 Å². The number of benzene rings is 1. The molecular formula is C21H37NOSn. The Hall–Kier alpha value is -0.511. The monoisotopic (exact) mass is 439 g/mol. The quantitative estimate of drug-likeness (QED) is 0.359. The molecule has 0 radical (unpaired) electrons. The molecule has 24 heavy (non-hydrogen) atoms. The molecule has 0 bridgehead atoms. The Morgan fingerprint density at radius 2 is 1.33 bits per heavy atom. The van der Waals surface area contributed by atoms with Crippen LogP contribution >= 0.6 is 0 Å². The van der Waals surface area contributed by atoms with E-state index in [9.17, 15) is 4.79 Å². The number of rotatable bonds is 12. The first-order valence-electron chi connectivity index (χ1n) is 9.89. The van der Waals surface area contributed by atoms with Crippen molar-refractivity contribution in [2.45, 2.75) is 72.6 Å². The predicted molar refractivity (Wildman–Crippen MR) is 108 cm³/mol. The van der Waals surface area contributed by atoms with E-state index in [-0.39, 0.29) is 5.91 Å². The molecule has 0 aliphatic carbocycles. The van der Waals surface area contributed by atoms with Crippen LogP contribution in [0.5, 0.6) is 0 Å². The number of nitrogens with zero attached hydrogens (tertiary/aromatic N) is 1. The second-order valence-electron chi connectivity index (χ2n) is 7.34. The van der Waals surface area contributed by atoms with Crippen molar-refractivity contribution in [2.75, 3.05) is 11.6 Å². The zero-order valence-electron chi connectivity index (χ0n) is 16.3. The van der Waals surface area contributed by atoms with Gasteiger partial charge in [0.2, 0.25) is 0 Å². The SMILES string of the molecule is CCC[CH2][Sn]([CH2]CCC)([CH2]CCC)[CH2]N(C)C(=O)c1ccccc1. The molecule has 0 aliphatic heterocycles. The molecule has 0 spiro atoms. The third-order valence-electron chi connectivity index (χ3n) is 5.12. The topological polar surface area (TPSA) is 20.3 Å². The van der Waals surface area contributed by atoms with Gasteiger partial charge in [0, 0.05) is 0 Å². The standard InChI is InChI=1S/C9H10NO.3C4H9.Sn/c1-10(2)9(11)8-6-4-3-5-7-8;3*1-3-4-2;/h3-7H,1H2,2H3;3*1,3-4H2,2H3;. The summed E-state index contributed by atoms with van der Waals surface area (Å²) in [6.45, 7) is 6.90. The summed E-state index contributed by atoms with van der Waals surface area (Å²) in [5.41, 5.74) is 0.835. The Morgan fingerprint density at radius 1 is 0.875 bits per heavy atom. The van der Waals surface area contributed by atoms with Crippen molar-refractivity contribution >= 4 is 24.3 Å². The molecule has 1 aromatic rings. The summed E-state index contributed by atoms with van der Waals surface area (Å²) in [6.07, 6.45) is 7.93. The fourth-order valence-electron chi connectivity index (χ4n) is 3.64. The zero-order chi connectivity index (χ0) is 17.8. The van der Waals surface area contributed by atoms with Gasteiger partial charge >= 0.3 is 154 Å². The summed E-state index contributed by atoms with van der Waals surface area (Å²) in [5.74, 6) is 0.209. The minimum absolute atomic E-state index is 0.209. The third kappa shape index (κ3) is 7.16. The van der Waals surface area contributed by atoms with Gasteiger partial charge in [-0.2, -0.15) is 0 Å². The Labute approximate surface area is 153 Å². The number of carbonyl (C=O) groups excluding carboxylic acids is 1. The number of hydrogen-bond acceptors (Lipinski definition) is 1. The third-order valence-corrected chi connectivity index (χ3v) is 20.5. The first kappa shape index (κ1) is 21.5. The molecule has 1 aromatic carbocycles. The van der Waals surface area contributed by atoms with Gasteiger partial charge in [-0.3, -0.25) is 0 Å². The zero-order valence-corrected chi connectivity index (χ0v) is 19.2. The van der Waals surface area contributed by atoms with E-state index in [1.54, 1.807) is 0 Å². The molecule has 1 rings (SSSR count). The fourth-order valence-corrected chi connectivity index (χ4v) is 19.9. The molecule has 0 aliphatic rings. The summed E-state index contributed by atoms with van der Waals surface area (Å²) >= 11 is -2.29. The van der Waals surface area contributed by atoms with E-state index in [2.05, 4.69) is 25.7 Å². The van der Waals surface area contributed by atoms with E-state index in [0.717, 1.165) is 10.1 Å². The Balaban J connectivity index is 2.88. The van der Waals surface area contributed by atoms with E-state index in [0.29, 0.717) is 0 Å². The fraction of sp³-hybridized carbons (Fsp3) is 0.667. The van der Waals surface area contributed by atoms with Crippen molar-refractivity contribution in [3.63, 3.8) is 0 Å². The van der Waals surface area contributed by atoms with Crippen molar-refractivity contribution in [1.82, 2.24) is 4.90 Å². The molecule has 1 amide bonds. The van der Waals surface area contributed by atoms with E-state index in [1.165, 1.54) is 51.8 Å². The van der Waals surface area contributed by atoms with Crippen LogP contribution in [0.15, 0.2) is 30.3 Å². The van der Waals surface area contributed by atoms with Gasteiger partial charge in [0.05, 0.1) is 0 Å². The molecular weight excluding hydrogens is 401 g/mol. The van der Waals surface area contributed by atoms with Crippen molar-refractivity contribution in [1.29, 1.82) is 0 Å². The van der Waals surface area contributed by atoms with Crippen LogP contribution in [-0.2, 0) is 0 Å². The molecule has 0 aromatic heterocycles. The van der Waals surface area contributed by atoms with E-state index < -0.39 is 18.4 Å². The van der Waals surface area contributed by atoms with Crippen LogP contribution in [0.25, 0.3) is 0 Å². The van der Waals surface area contributed by atoms with Gasteiger partial charge in [-0.25, -0.2) is 0 Å². The first-order valence-corrected chi connectivity index (χ1v) is 18.0. The predicted octanol–water partition coefficient (Wildman–Crippen LogP) is 6.15. The van der Waals surface area contributed by atoms with Gasteiger partial charge in [-0.05, 0) is 0 Å². The van der Waals surface area contributed by atoms with E-state index >= 15 is 0 Å². The maximum atomic E-state index is 12.8. The summed E-state index contributed by atoms with van der Waals surface area (Å²) in [5, 5.41) is 0. The minimum atomic E-state index is -2.29. The summed E-state index contributed by atoms with van der Waals surface area (Å²) in [6, 6.07) is 9.79. The molecule has 0 saturated heterocycles. The number of amides is 1. The second kappa shape index (κ2) is 11.9. The average Bonchev–Trinajstić information content (AvgIpc) is 2.62. The molecule has 136 valence electrons. The molecule has 3 heteroatoms. The number of hydrogen-bond donors (Lipinski definition) is 0. The molecule has 2 nitrogen and oxygen atoms in total. The molecule has 0 saturated carbocycles. The second-order valence-corrected chi connectivity index (χ2v) is 21.1. The molecule has 0 N–H and O–H groups in total. The Kier molecular flexibility index (Phi) is 10.7. The van der Waals surface area contributed by atoms with Crippen LogP contribution < -0.4 is 0 Å². The summed E-state index contributed by atoms with van der Waals surface area (Å²) in [7, 11) is 2.03. The van der Waals surface area contributed by atoms with Crippen LogP contribution in [0.1, 0.15) is 69.7 Å². The van der Waals surface area contributed by atoms with Gasteiger partial charge in [-0.1, -0.05) is 0 Å². The molecule has 0 unspecified atom stereocenters. The van der Waals surface area contributed by atoms with Gasteiger partial charge in [-0.15, -0.1) is 0 Å². The Morgan fingerprint density at radius 3 is 1.75 bits per heavy atom. The maximum absolute atomic E-state index is 12.8. The summed E-state index contributed by atoms with van der Waals surface area (Å²) in [4.78, 5) is 14.9. The van der Waals surface area contributed by atoms with Crippen LogP contribution in [0.4, 0.5) is 0 Å². The van der Waals surface area contributed by atoms with Crippen LogP contribution in [-0.4, -0.2) is 40.8 Å². The number of carbonyl (C=O) groups is 1. The molecule has 0 heterocycles. The van der Waals surface area contributed by atoms with Gasteiger partial charge in [0.15, 0.2) is 0 Å². The Bertz CT molecular complexity index is 438. The van der Waals surface area contributed by atoms with E-state index in [4.69, 9.17) is 0 Å². The van der Waals surface area contributed by atoms with Gasteiger partial charge < -0.3 is 0 Å². The van der Waals surface area contributed by atoms with Crippen molar-refractivity contribution in [3.8, 4) is 0 Å². The van der Waals surface area contributed by atoms with Crippen LogP contribution in [0, 0.1) is 0 Å².